The number of aryl methyl sites for hydroxylation is 1. The Balaban J connectivity index is 1.81. The van der Waals surface area contributed by atoms with Gasteiger partial charge in [-0.1, -0.05) is 20.8 Å². The average Bonchev–Trinajstić information content (AvgIpc) is 2.86. The number of nitrogens with zero attached hydrogens (tertiary/aromatic N) is 3. The third kappa shape index (κ3) is 3.84. The van der Waals surface area contributed by atoms with Gasteiger partial charge in [0.15, 0.2) is 0 Å². The second-order valence-electron chi connectivity index (χ2n) is 6.27. The van der Waals surface area contributed by atoms with Gasteiger partial charge in [-0.3, -0.25) is 4.79 Å². The molecule has 0 aliphatic carbocycles. The van der Waals surface area contributed by atoms with Crippen LogP contribution in [0.25, 0.3) is 0 Å². The molecule has 0 spiro atoms. The van der Waals surface area contributed by atoms with E-state index in [-0.39, 0.29) is 0 Å². The lowest BCUT2D eigenvalue weighted by Gasteiger charge is -2.32. The highest BCUT2D eigenvalue weighted by atomic mass is 16.2. The van der Waals surface area contributed by atoms with Crippen molar-refractivity contribution in [1.82, 2.24) is 14.5 Å². The predicted octanol–water partition coefficient (Wildman–Crippen LogP) is 2.73. The number of carbonyl (C=O) groups is 1. The molecule has 1 aromatic heterocycles. The van der Waals surface area contributed by atoms with Crippen molar-refractivity contribution in [2.45, 2.75) is 53.0 Å². The molecule has 1 amide bonds. The molecule has 0 radical (unpaired) electrons. The van der Waals surface area contributed by atoms with Gasteiger partial charge in [-0.05, 0) is 24.7 Å². The fourth-order valence-corrected chi connectivity index (χ4v) is 2.94. The maximum atomic E-state index is 12.0. The van der Waals surface area contributed by atoms with Crippen LogP contribution in [0.2, 0.25) is 0 Å². The van der Waals surface area contributed by atoms with Gasteiger partial charge in [0.1, 0.15) is 5.82 Å². The van der Waals surface area contributed by atoms with Crippen LogP contribution in [0.15, 0.2) is 12.4 Å². The van der Waals surface area contributed by atoms with Crippen LogP contribution in [-0.4, -0.2) is 33.4 Å². The first-order chi connectivity index (χ1) is 9.60. The van der Waals surface area contributed by atoms with E-state index >= 15 is 0 Å². The van der Waals surface area contributed by atoms with Crippen molar-refractivity contribution in [2.75, 3.05) is 13.1 Å². The summed E-state index contributed by atoms with van der Waals surface area (Å²) in [5, 5.41) is 0. The molecule has 0 bridgehead atoms. The highest BCUT2D eigenvalue weighted by molar-refractivity contribution is 5.76. The predicted molar refractivity (Wildman–Crippen MR) is 80.4 cm³/mol. The van der Waals surface area contributed by atoms with Crippen LogP contribution in [0.3, 0.4) is 0 Å². The van der Waals surface area contributed by atoms with Crippen LogP contribution >= 0.6 is 0 Å². The lowest BCUT2D eigenvalue weighted by molar-refractivity contribution is -0.133. The average molecular weight is 277 g/mol. The number of imidazole rings is 1. The van der Waals surface area contributed by atoms with Crippen molar-refractivity contribution in [3.05, 3.63) is 18.2 Å². The van der Waals surface area contributed by atoms with Gasteiger partial charge in [-0.25, -0.2) is 4.98 Å². The number of piperidine rings is 1. The summed E-state index contributed by atoms with van der Waals surface area (Å²) in [7, 11) is 0. The molecular formula is C16H27N3O. The van der Waals surface area contributed by atoms with Crippen LogP contribution < -0.4 is 0 Å². The highest BCUT2D eigenvalue weighted by Crippen LogP contribution is 2.21. The third-order valence-corrected chi connectivity index (χ3v) is 4.12. The molecule has 4 heteroatoms. The second-order valence-corrected chi connectivity index (χ2v) is 6.27. The fraction of sp³-hybridized carbons (Fsp3) is 0.750. The zero-order chi connectivity index (χ0) is 14.5. The summed E-state index contributed by atoms with van der Waals surface area (Å²) < 4.78 is 2.27. The van der Waals surface area contributed by atoms with Gasteiger partial charge in [0.25, 0.3) is 0 Å². The van der Waals surface area contributed by atoms with E-state index in [1.54, 1.807) is 0 Å². The Morgan fingerprint density at radius 2 is 2.10 bits per heavy atom. The molecule has 0 atom stereocenters. The topological polar surface area (TPSA) is 38.1 Å². The monoisotopic (exact) mass is 277 g/mol. The number of carbonyl (C=O) groups excluding carboxylic acids is 1. The molecule has 0 unspecified atom stereocenters. The molecule has 20 heavy (non-hydrogen) atoms. The molecule has 1 saturated heterocycles. The Morgan fingerprint density at radius 1 is 1.40 bits per heavy atom. The minimum atomic E-state index is 0.329. The van der Waals surface area contributed by atoms with Crippen molar-refractivity contribution < 1.29 is 4.79 Å². The number of rotatable bonds is 5. The number of hydrogen-bond donors (Lipinski definition) is 0. The van der Waals surface area contributed by atoms with Crippen molar-refractivity contribution in [3.8, 4) is 0 Å². The van der Waals surface area contributed by atoms with E-state index in [1.165, 1.54) is 5.82 Å². The standard InChI is InChI=1S/C16H27N3O/c1-4-15-17-7-10-19(15)12-14-5-8-18(9-6-14)16(20)11-13(2)3/h7,10,13-14H,4-6,8-9,11-12H2,1-3H3. The highest BCUT2D eigenvalue weighted by Gasteiger charge is 2.23. The Bertz CT molecular complexity index is 431. The summed E-state index contributed by atoms with van der Waals surface area (Å²) in [6, 6.07) is 0. The van der Waals surface area contributed by atoms with E-state index < -0.39 is 0 Å². The minimum absolute atomic E-state index is 0.329. The Hall–Kier alpha value is -1.32. The first-order valence-corrected chi connectivity index (χ1v) is 7.88. The first-order valence-electron chi connectivity index (χ1n) is 7.88. The van der Waals surface area contributed by atoms with Crippen LogP contribution in [-0.2, 0) is 17.8 Å². The van der Waals surface area contributed by atoms with Gasteiger partial charge in [-0.2, -0.15) is 0 Å². The fourth-order valence-electron chi connectivity index (χ4n) is 2.94. The molecule has 2 heterocycles. The number of hydrogen-bond acceptors (Lipinski definition) is 2. The smallest absolute Gasteiger partial charge is 0.222 e. The number of likely N-dealkylation sites (tertiary alicyclic amines) is 1. The third-order valence-electron chi connectivity index (χ3n) is 4.12. The summed E-state index contributed by atoms with van der Waals surface area (Å²) in [6.45, 7) is 9.26. The molecule has 112 valence electrons. The van der Waals surface area contributed by atoms with E-state index in [4.69, 9.17) is 0 Å². The van der Waals surface area contributed by atoms with Crippen LogP contribution in [0.4, 0.5) is 0 Å². The molecule has 1 fully saturated rings. The van der Waals surface area contributed by atoms with E-state index in [1.807, 2.05) is 11.1 Å². The lowest BCUT2D eigenvalue weighted by Crippen LogP contribution is -2.39. The van der Waals surface area contributed by atoms with Crippen LogP contribution in [0.5, 0.6) is 0 Å². The molecule has 0 N–H and O–H groups in total. The summed E-state index contributed by atoms with van der Waals surface area (Å²) in [6.07, 6.45) is 7.87. The molecule has 4 nitrogen and oxygen atoms in total. The van der Waals surface area contributed by atoms with Gasteiger partial charge < -0.3 is 9.47 Å². The first kappa shape index (κ1) is 15.1. The van der Waals surface area contributed by atoms with Gasteiger partial charge >= 0.3 is 0 Å². The number of aromatic nitrogens is 2. The molecule has 0 aromatic carbocycles. The second kappa shape index (κ2) is 6.91. The Kier molecular flexibility index (Phi) is 5.21. The van der Waals surface area contributed by atoms with E-state index in [0.717, 1.165) is 38.9 Å². The van der Waals surface area contributed by atoms with Crippen LogP contribution in [0.1, 0.15) is 45.9 Å². The molecule has 1 aliphatic heterocycles. The maximum absolute atomic E-state index is 12.0. The maximum Gasteiger partial charge on any atom is 0.222 e. The van der Waals surface area contributed by atoms with Crippen molar-refractivity contribution in [3.63, 3.8) is 0 Å². The molecular weight excluding hydrogens is 250 g/mol. The van der Waals surface area contributed by atoms with Crippen molar-refractivity contribution >= 4 is 5.91 Å². The summed E-state index contributed by atoms with van der Waals surface area (Å²) in [5.74, 6) is 2.63. The van der Waals surface area contributed by atoms with Gasteiger partial charge in [0.2, 0.25) is 5.91 Å². The van der Waals surface area contributed by atoms with E-state index in [0.29, 0.717) is 24.2 Å². The quantitative estimate of drug-likeness (QED) is 0.830. The van der Waals surface area contributed by atoms with E-state index in [9.17, 15) is 4.79 Å². The zero-order valence-electron chi connectivity index (χ0n) is 13.0. The minimum Gasteiger partial charge on any atom is -0.343 e. The SMILES string of the molecule is CCc1nccn1CC1CCN(C(=O)CC(C)C)CC1. The van der Waals surface area contributed by atoms with Crippen LogP contribution in [0, 0.1) is 11.8 Å². The largest absolute Gasteiger partial charge is 0.343 e. The van der Waals surface area contributed by atoms with E-state index in [2.05, 4.69) is 36.5 Å². The number of amides is 1. The van der Waals surface area contributed by atoms with Gasteiger partial charge in [-0.15, -0.1) is 0 Å². The Morgan fingerprint density at radius 3 is 2.70 bits per heavy atom. The summed E-state index contributed by atoms with van der Waals surface area (Å²) in [4.78, 5) is 18.5. The van der Waals surface area contributed by atoms with Gasteiger partial charge in [0, 0.05) is 44.9 Å². The molecule has 1 aromatic rings. The van der Waals surface area contributed by atoms with Crippen molar-refractivity contribution in [2.24, 2.45) is 11.8 Å². The molecule has 1 aliphatic rings. The van der Waals surface area contributed by atoms with Gasteiger partial charge in [0.05, 0.1) is 0 Å². The lowest BCUT2D eigenvalue weighted by atomic mass is 9.96. The summed E-state index contributed by atoms with van der Waals surface area (Å²) >= 11 is 0. The zero-order valence-corrected chi connectivity index (χ0v) is 13.0. The summed E-state index contributed by atoms with van der Waals surface area (Å²) in [5.41, 5.74) is 0. The molecule has 2 rings (SSSR count). The Labute approximate surface area is 122 Å². The van der Waals surface area contributed by atoms with Crippen molar-refractivity contribution in [1.29, 1.82) is 0 Å². The molecule has 0 saturated carbocycles. The normalized spacial score (nSPS) is 16.9.